The summed E-state index contributed by atoms with van der Waals surface area (Å²) in [5, 5.41) is 14.3. The van der Waals surface area contributed by atoms with Crippen molar-refractivity contribution < 1.29 is 9.94 Å². The summed E-state index contributed by atoms with van der Waals surface area (Å²) in [4.78, 5) is 0. The van der Waals surface area contributed by atoms with Crippen LogP contribution in [0, 0.1) is 0 Å². The van der Waals surface area contributed by atoms with Gasteiger partial charge < -0.3 is 5.21 Å². The number of halogens is 1. The monoisotopic (exact) mass is 258 g/mol. The molecule has 0 aromatic carbocycles. The van der Waals surface area contributed by atoms with Crippen molar-refractivity contribution in [3.05, 3.63) is 22.9 Å². The van der Waals surface area contributed by atoms with E-state index >= 15 is 0 Å². The Balaban J connectivity index is 0.000000461. The van der Waals surface area contributed by atoms with Gasteiger partial charge in [-0.1, -0.05) is 18.9 Å². The summed E-state index contributed by atoms with van der Waals surface area (Å²) in [5.41, 5.74) is 0.671. The van der Waals surface area contributed by atoms with Crippen molar-refractivity contribution in [1.82, 2.24) is 9.78 Å². The van der Waals surface area contributed by atoms with E-state index in [1.807, 2.05) is 13.8 Å². The molecule has 76 valence electrons. The molecule has 2 rings (SSSR count). The molecule has 2 heterocycles. The van der Waals surface area contributed by atoms with E-state index in [9.17, 15) is 5.21 Å². The first-order valence-electron chi connectivity index (χ1n) is 4.41. The molecule has 0 aliphatic carbocycles. The molecule has 14 heavy (non-hydrogen) atoms. The van der Waals surface area contributed by atoms with Crippen LogP contribution in [0.2, 0.25) is 0 Å². The van der Waals surface area contributed by atoms with Gasteiger partial charge in [-0.2, -0.15) is 0 Å². The highest BCUT2D eigenvalue weighted by atomic mass is 79.9. The smallest absolute Gasteiger partial charge is 0.350 e. The van der Waals surface area contributed by atoms with E-state index in [2.05, 4.69) is 21.0 Å². The number of aryl methyl sites for hydroxylation is 1. The minimum Gasteiger partial charge on any atom is -0.350 e. The molecule has 0 aliphatic rings. The third kappa shape index (κ3) is 1.72. The molecular weight excluding hydrogens is 246 g/mol. The van der Waals surface area contributed by atoms with Crippen molar-refractivity contribution in [2.45, 2.75) is 13.8 Å². The van der Waals surface area contributed by atoms with Crippen LogP contribution in [-0.2, 0) is 7.05 Å². The number of rotatable bonds is 0. The molecule has 0 fully saturated rings. The van der Waals surface area contributed by atoms with E-state index < -0.39 is 0 Å². The Hall–Kier alpha value is -1.10. The lowest BCUT2D eigenvalue weighted by Crippen LogP contribution is -2.31. The fourth-order valence-corrected chi connectivity index (χ4v) is 1.57. The molecule has 0 saturated carbocycles. The van der Waals surface area contributed by atoms with Gasteiger partial charge in [-0.3, -0.25) is 0 Å². The molecule has 4 nitrogen and oxygen atoms in total. The lowest BCUT2D eigenvalue weighted by Gasteiger charge is -1.92. The van der Waals surface area contributed by atoms with Crippen molar-refractivity contribution in [3.8, 4) is 0 Å². The van der Waals surface area contributed by atoms with Gasteiger partial charge in [-0.15, -0.1) is 4.68 Å². The quantitative estimate of drug-likeness (QED) is 0.579. The van der Waals surface area contributed by atoms with Crippen molar-refractivity contribution in [2.75, 3.05) is 0 Å². The zero-order valence-electron chi connectivity index (χ0n) is 8.40. The van der Waals surface area contributed by atoms with Gasteiger partial charge in [0.2, 0.25) is 0 Å². The molecule has 0 bridgehead atoms. The molecule has 0 unspecified atom stereocenters. The highest BCUT2D eigenvalue weighted by molar-refractivity contribution is 9.10. The van der Waals surface area contributed by atoms with E-state index in [-0.39, 0.29) is 0 Å². The van der Waals surface area contributed by atoms with Gasteiger partial charge in [0.1, 0.15) is 18.6 Å². The number of nitrogens with zero attached hydrogens (tertiary/aromatic N) is 3. The van der Waals surface area contributed by atoms with Crippen LogP contribution in [0.3, 0.4) is 0 Å². The van der Waals surface area contributed by atoms with E-state index in [0.717, 1.165) is 14.6 Å². The third-order valence-electron chi connectivity index (χ3n) is 1.74. The number of pyridine rings is 1. The number of aromatic nitrogens is 3. The van der Waals surface area contributed by atoms with Crippen molar-refractivity contribution in [3.63, 3.8) is 0 Å². The van der Waals surface area contributed by atoms with Crippen LogP contribution < -0.4 is 4.73 Å². The molecule has 0 aliphatic heterocycles. The lowest BCUT2D eigenvalue weighted by atomic mass is 10.4. The maximum atomic E-state index is 9.40. The van der Waals surface area contributed by atoms with Gasteiger partial charge in [-0.05, 0) is 26.7 Å². The molecule has 0 saturated heterocycles. The fraction of sp³-hybridized carbons (Fsp3) is 0.333. The predicted octanol–water partition coefficient (Wildman–Crippen LogP) is 1.89. The minimum atomic E-state index is 0.671. The van der Waals surface area contributed by atoms with Crippen LogP contribution in [0.5, 0.6) is 0 Å². The fourth-order valence-electron chi connectivity index (χ4n) is 1.17. The Morgan fingerprint density at radius 3 is 2.71 bits per heavy atom. The second-order valence-electron chi connectivity index (χ2n) is 2.51. The largest absolute Gasteiger partial charge is 0.350 e. The SMILES string of the molecule is CC.Cn1ncc2c(Br)cc[n+](O)c21. The first-order chi connectivity index (χ1) is 6.70. The molecule has 0 radical (unpaired) electrons. The predicted molar refractivity (Wildman–Crippen MR) is 57.1 cm³/mol. The summed E-state index contributed by atoms with van der Waals surface area (Å²) in [7, 11) is 1.78. The summed E-state index contributed by atoms with van der Waals surface area (Å²) in [5.74, 6) is 0. The van der Waals surface area contributed by atoms with Gasteiger partial charge in [0, 0.05) is 4.47 Å². The highest BCUT2D eigenvalue weighted by Gasteiger charge is 2.14. The van der Waals surface area contributed by atoms with Gasteiger partial charge in [0.25, 0.3) is 0 Å². The molecule has 2 aromatic heterocycles. The summed E-state index contributed by atoms with van der Waals surface area (Å²) in [6.07, 6.45) is 3.26. The van der Waals surface area contributed by atoms with Crippen LogP contribution >= 0.6 is 15.9 Å². The Morgan fingerprint density at radius 1 is 1.50 bits per heavy atom. The van der Waals surface area contributed by atoms with Crippen LogP contribution in [0.4, 0.5) is 0 Å². The molecule has 5 heteroatoms. The maximum Gasteiger partial charge on any atom is 0.350 e. The molecule has 1 N–H and O–H groups in total. The minimum absolute atomic E-state index is 0.671. The summed E-state index contributed by atoms with van der Waals surface area (Å²) >= 11 is 3.37. The van der Waals surface area contributed by atoms with Gasteiger partial charge >= 0.3 is 5.65 Å². The van der Waals surface area contributed by atoms with Crippen LogP contribution in [0.25, 0.3) is 11.0 Å². The topological polar surface area (TPSA) is 41.9 Å². The standard InChI is InChI=1S/C7H7BrN3O.C2H6/c1-10-7-5(4-9-10)6(8)2-3-11(7)12;1-2/h2-4,12H,1H3;1-2H3/q+1;. The van der Waals surface area contributed by atoms with Crippen molar-refractivity contribution >= 4 is 27.0 Å². The maximum absolute atomic E-state index is 9.40. The average Bonchev–Trinajstić information content (AvgIpc) is 2.59. The third-order valence-corrected chi connectivity index (χ3v) is 2.44. The molecule has 2 aromatic rings. The molecule has 0 amide bonds. The summed E-state index contributed by atoms with van der Waals surface area (Å²) < 4.78 is 3.59. The number of hydrogen-bond acceptors (Lipinski definition) is 2. The Kier molecular flexibility index (Phi) is 3.46. The number of fused-ring (bicyclic) bond motifs is 1. The van der Waals surface area contributed by atoms with E-state index in [0.29, 0.717) is 5.65 Å². The first-order valence-corrected chi connectivity index (χ1v) is 5.20. The molecule has 0 spiro atoms. The van der Waals surface area contributed by atoms with E-state index in [1.165, 1.54) is 0 Å². The van der Waals surface area contributed by atoms with Crippen molar-refractivity contribution in [1.29, 1.82) is 0 Å². The van der Waals surface area contributed by atoms with Gasteiger partial charge in [0.05, 0.1) is 6.20 Å². The van der Waals surface area contributed by atoms with E-state index in [4.69, 9.17) is 0 Å². The zero-order valence-corrected chi connectivity index (χ0v) is 9.98. The van der Waals surface area contributed by atoms with Gasteiger partial charge in [-0.25, -0.2) is 0 Å². The second-order valence-corrected chi connectivity index (χ2v) is 3.37. The van der Waals surface area contributed by atoms with Crippen LogP contribution in [0.15, 0.2) is 22.9 Å². The van der Waals surface area contributed by atoms with Crippen LogP contribution in [-0.4, -0.2) is 15.0 Å². The van der Waals surface area contributed by atoms with Gasteiger partial charge in [0.15, 0.2) is 0 Å². The van der Waals surface area contributed by atoms with Crippen LogP contribution in [0.1, 0.15) is 13.8 Å². The first kappa shape index (κ1) is 11.0. The second kappa shape index (κ2) is 4.41. The molecule has 0 atom stereocenters. The summed E-state index contributed by atoms with van der Waals surface area (Å²) in [6.45, 7) is 4.00. The Labute approximate surface area is 90.9 Å². The summed E-state index contributed by atoms with van der Waals surface area (Å²) in [6, 6.07) is 1.77. The Bertz CT molecular complexity index is 439. The average molecular weight is 259 g/mol. The van der Waals surface area contributed by atoms with E-state index in [1.54, 1.807) is 30.2 Å². The highest BCUT2D eigenvalue weighted by Crippen LogP contribution is 2.19. The number of hydrogen-bond donors (Lipinski definition) is 1. The lowest BCUT2D eigenvalue weighted by molar-refractivity contribution is -0.886. The normalized spacial score (nSPS) is 9.71. The zero-order chi connectivity index (χ0) is 10.7. The van der Waals surface area contributed by atoms with Crippen molar-refractivity contribution in [2.24, 2.45) is 7.05 Å². The Morgan fingerprint density at radius 2 is 2.14 bits per heavy atom. The molecular formula is C9H13BrN3O+.